The van der Waals surface area contributed by atoms with Crippen LogP contribution in [0.1, 0.15) is 20.8 Å². The first-order valence-electron chi connectivity index (χ1n) is 2.89. The van der Waals surface area contributed by atoms with Gasteiger partial charge >= 0.3 is 0 Å². The molecule has 1 nitrogen and oxygen atoms in total. The van der Waals surface area contributed by atoms with E-state index in [2.05, 4.69) is 6.58 Å². The van der Waals surface area contributed by atoms with Gasteiger partial charge < -0.3 is 0 Å². The molecule has 0 spiro atoms. The van der Waals surface area contributed by atoms with Gasteiger partial charge in [-0.1, -0.05) is 18.2 Å². The molecule has 0 unspecified atom stereocenters. The molecule has 0 N–H and O–H groups in total. The van der Waals surface area contributed by atoms with Crippen LogP contribution in [0.15, 0.2) is 23.8 Å². The minimum Gasteiger partial charge on any atom is -0.295 e. The molecule has 0 aromatic rings. The van der Waals surface area contributed by atoms with Gasteiger partial charge in [0.15, 0.2) is 5.78 Å². The summed E-state index contributed by atoms with van der Waals surface area (Å²) in [6, 6.07) is 0. The van der Waals surface area contributed by atoms with Crippen molar-refractivity contribution in [1.82, 2.24) is 0 Å². The molecule has 0 saturated carbocycles. The number of hydrogen-bond donors (Lipinski definition) is 0. The van der Waals surface area contributed by atoms with Crippen molar-refractivity contribution in [3.8, 4) is 0 Å². The van der Waals surface area contributed by atoms with Crippen molar-refractivity contribution in [3.05, 3.63) is 23.8 Å². The third-order valence-electron chi connectivity index (χ3n) is 1.02. The number of ketones is 1. The van der Waals surface area contributed by atoms with E-state index in [0.29, 0.717) is 0 Å². The Labute approximate surface area is 56.1 Å². The van der Waals surface area contributed by atoms with E-state index in [0.717, 1.165) is 11.1 Å². The summed E-state index contributed by atoms with van der Waals surface area (Å²) in [6.45, 7) is 8.86. The third-order valence-corrected chi connectivity index (χ3v) is 1.02. The second-order valence-electron chi connectivity index (χ2n) is 2.23. The van der Waals surface area contributed by atoms with Crippen molar-refractivity contribution in [2.24, 2.45) is 0 Å². The molecular formula is C8H12O. The minimum atomic E-state index is 0.109. The lowest BCUT2D eigenvalue weighted by Crippen LogP contribution is -1.90. The fourth-order valence-corrected chi connectivity index (χ4v) is 0.471. The van der Waals surface area contributed by atoms with Crippen LogP contribution >= 0.6 is 0 Å². The fourth-order valence-electron chi connectivity index (χ4n) is 0.471. The van der Waals surface area contributed by atoms with Crippen LogP contribution in [0, 0.1) is 0 Å². The summed E-state index contributed by atoms with van der Waals surface area (Å²) in [4.78, 5) is 10.6. The summed E-state index contributed by atoms with van der Waals surface area (Å²) in [5.41, 5.74) is 1.69. The topological polar surface area (TPSA) is 17.1 Å². The van der Waals surface area contributed by atoms with Gasteiger partial charge in [0, 0.05) is 0 Å². The first kappa shape index (κ1) is 8.15. The summed E-state index contributed by atoms with van der Waals surface area (Å²) >= 11 is 0. The second-order valence-corrected chi connectivity index (χ2v) is 2.23. The van der Waals surface area contributed by atoms with Gasteiger partial charge in [0.05, 0.1) is 0 Å². The van der Waals surface area contributed by atoms with Crippen LogP contribution in [-0.2, 0) is 4.79 Å². The van der Waals surface area contributed by atoms with Gasteiger partial charge in [-0.25, -0.2) is 0 Å². The zero-order valence-electron chi connectivity index (χ0n) is 6.19. The van der Waals surface area contributed by atoms with Crippen LogP contribution in [-0.4, -0.2) is 5.78 Å². The first-order chi connectivity index (χ1) is 4.04. The van der Waals surface area contributed by atoms with Gasteiger partial charge in [-0.3, -0.25) is 4.79 Å². The highest BCUT2D eigenvalue weighted by atomic mass is 16.1. The second kappa shape index (κ2) is 3.23. The summed E-state index contributed by atoms with van der Waals surface area (Å²) in [6.07, 6.45) is 1.78. The van der Waals surface area contributed by atoms with Crippen LogP contribution in [0.25, 0.3) is 0 Å². The maximum absolute atomic E-state index is 10.6. The number of rotatable bonds is 2. The van der Waals surface area contributed by atoms with Gasteiger partial charge in [-0.05, 0) is 26.3 Å². The molecule has 0 atom stereocenters. The minimum absolute atomic E-state index is 0.109. The van der Waals surface area contributed by atoms with Gasteiger partial charge in [0.2, 0.25) is 0 Å². The molecule has 0 heterocycles. The molecule has 0 aromatic heterocycles. The lowest BCUT2D eigenvalue weighted by Gasteiger charge is -1.91. The predicted octanol–water partition coefficient (Wildman–Crippen LogP) is 2.10. The van der Waals surface area contributed by atoms with Crippen LogP contribution in [0.3, 0.4) is 0 Å². The molecule has 0 saturated heterocycles. The first-order valence-corrected chi connectivity index (χ1v) is 2.89. The largest absolute Gasteiger partial charge is 0.295 e. The molecule has 0 aliphatic heterocycles. The zero-order valence-corrected chi connectivity index (χ0v) is 6.19. The van der Waals surface area contributed by atoms with E-state index in [4.69, 9.17) is 0 Å². The van der Waals surface area contributed by atoms with E-state index in [-0.39, 0.29) is 5.78 Å². The zero-order chi connectivity index (χ0) is 7.44. The van der Waals surface area contributed by atoms with Gasteiger partial charge in [0.1, 0.15) is 0 Å². The molecule has 0 bridgehead atoms. The van der Waals surface area contributed by atoms with Crippen molar-refractivity contribution < 1.29 is 4.79 Å². The highest BCUT2D eigenvalue weighted by molar-refractivity contribution is 5.93. The molecular weight excluding hydrogens is 112 g/mol. The maximum Gasteiger partial charge on any atom is 0.155 e. The van der Waals surface area contributed by atoms with Crippen LogP contribution in [0.5, 0.6) is 0 Å². The fraction of sp³-hybridized carbons (Fsp3) is 0.375. The van der Waals surface area contributed by atoms with Gasteiger partial charge in [-0.15, -0.1) is 0 Å². The molecule has 50 valence electrons. The van der Waals surface area contributed by atoms with Crippen molar-refractivity contribution in [3.63, 3.8) is 0 Å². The molecule has 0 aliphatic rings. The van der Waals surface area contributed by atoms with Crippen LogP contribution in [0.4, 0.5) is 0 Å². The summed E-state index contributed by atoms with van der Waals surface area (Å²) in [5, 5.41) is 0. The van der Waals surface area contributed by atoms with E-state index in [1.807, 2.05) is 6.92 Å². The number of hydrogen-bond acceptors (Lipinski definition) is 1. The van der Waals surface area contributed by atoms with Gasteiger partial charge in [0.25, 0.3) is 0 Å². The van der Waals surface area contributed by atoms with Crippen LogP contribution < -0.4 is 0 Å². The molecule has 0 aliphatic carbocycles. The Balaban J connectivity index is 4.17. The molecule has 0 radical (unpaired) electrons. The van der Waals surface area contributed by atoms with E-state index in [1.165, 1.54) is 0 Å². The van der Waals surface area contributed by atoms with Crippen molar-refractivity contribution in [1.29, 1.82) is 0 Å². The van der Waals surface area contributed by atoms with Gasteiger partial charge in [-0.2, -0.15) is 0 Å². The van der Waals surface area contributed by atoms with E-state index >= 15 is 0 Å². The van der Waals surface area contributed by atoms with Crippen LogP contribution in [0.2, 0.25) is 0 Å². The Hall–Kier alpha value is -0.850. The van der Waals surface area contributed by atoms with E-state index in [1.54, 1.807) is 19.9 Å². The molecule has 0 amide bonds. The molecule has 9 heavy (non-hydrogen) atoms. The quantitative estimate of drug-likeness (QED) is 0.407. The Kier molecular flexibility index (Phi) is 2.93. The normalized spacial score (nSPS) is 11.2. The highest BCUT2D eigenvalue weighted by Gasteiger charge is 1.92. The highest BCUT2D eigenvalue weighted by Crippen LogP contribution is 1.98. The third kappa shape index (κ3) is 3.71. The Morgan fingerprint density at radius 3 is 1.89 bits per heavy atom. The van der Waals surface area contributed by atoms with Crippen molar-refractivity contribution in [2.75, 3.05) is 0 Å². The SMILES string of the molecule is C=C(C)C=C(C)C(C)=O. The van der Waals surface area contributed by atoms with E-state index < -0.39 is 0 Å². The Bertz CT molecular complexity index is 163. The van der Waals surface area contributed by atoms with E-state index in [9.17, 15) is 4.79 Å². The molecule has 1 heteroatoms. The Morgan fingerprint density at radius 2 is 1.78 bits per heavy atom. The van der Waals surface area contributed by atoms with Crippen molar-refractivity contribution >= 4 is 5.78 Å². The number of carbonyl (C=O) groups is 1. The molecule has 0 rings (SSSR count). The molecule has 0 aromatic carbocycles. The average Bonchev–Trinajstić information content (AvgIpc) is 1.63. The monoisotopic (exact) mass is 124 g/mol. The lowest BCUT2D eigenvalue weighted by atomic mass is 10.1. The maximum atomic E-state index is 10.6. The predicted molar refractivity (Wildman–Crippen MR) is 39.3 cm³/mol. The average molecular weight is 124 g/mol. The van der Waals surface area contributed by atoms with Crippen molar-refractivity contribution in [2.45, 2.75) is 20.8 Å². The smallest absolute Gasteiger partial charge is 0.155 e. The summed E-state index contributed by atoms with van der Waals surface area (Å²) < 4.78 is 0. The summed E-state index contributed by atoms with van der Waals surface area (Å²) in [7, 11) is 0. The lowest BCUT2D eigenvalue weighted by molar-refractivity contribution is -0.113. The number of Topliss-reactive ketones (excluding diaryl/α,β-unsaturated/α-hetero) is 1. The Morgan fingerprint density at radius 1 is 1.33 bits per heavy atom. The number of allylic oxidation sites excluding steroid dienone is 3. The standard InChI is InChI=1S/C8H12O/c1-6(2)5-7(3)8(4)9/h5H,1H2,2-4H3. The number of carbonyl (C=O) groups excluding carboxylic acids is 1. The summed E-state index contributed by atoms with van der Waals surface area (Å²) in [5.74, 6) is 0.109. The molecule has 0 fully saturated rings.